The van der Waals surface area contributed by atoms with E-state index >= 15 is 0 Å². The average Bonchev–Trinajstić information content (AvgIpc) is 3.68. The number of hydrogen-bond donors (Lipinski definition) is 1. The van der Waals surface area contributed by atoms with Crippen LogP contribution < -0.4 is 5.32 Å². The minimum atomic E-state index is -0.389. The summed E-state index contributed by atoms with van der Waals surface area (Å²) in [6.07, 6.45) is 9.93. The zero-order valence-corrected chi connectivity index (χ0v) is 18.4. The molecule has 8 heteroatoms. The van der Waals surface area contributed by atoms with Crippen molar-refractivity contribution in [1.29, 1.82) is 0 Å². The molecule has 1 aromatic heterocycles. The van der Waals surface area contributed by atoms with Crippen molar-refractivity contribution < 1.29 is 18.7 Å². The Balaban J connectivity index is 1.19. The van der Waals surface area contributed by atoms with Crippen molar-refractivity contribution in [3.8, 4) is 0 Å². The predicted octanol–water partition coefficient (Wildman–Crippen LogP) is 3.04. The van der Waals surface area contributed by atoms with Gasteiger partial charge in [0.05, 0.1) is 38.3 Å². The van der Waals surface area contributed by atoms with Crippen LogP contribution in [0.5, 0.6) is 0 Å². The average molecular weight is 433 g/mol. The van der Waals surface area contributed by atoms with Gasteiger partial charge in [0.15, 0.2) is 5.82 Å². The first kappa shape index (κ1) is 21.1. The molecule has 7 nitrogen and oxygen atoms in total. The monoisotopic (exact) mass is 432 g/mol. The lowest BCUT2D eigenvalue weighted by Gasteiger charge is -2.33. The van der Waals surface area contributed by atoms with Crippen LogP contribution in [0.1, 0.15) is 57.7 Å². The van der Waals surface area contributed by atoms with Crippen molar-refractivity contribution in [1.82, 2.24) is 20.2 Å². The zero-order valence-electron chi connectivity index (χ0n) is 18.4. The molecule has 2 heterocycles. The Morgan fingerprint density at radius 3 is 2.74 bits per heavy atom. The molecule has 0 unspecified atom stereocenters. The van der Waals surface area contributed by atoms with E-state index in [1.807, 2.05) is 4.90 Å². The van der Waals surface area contributed by atoms with Crippen LogP contribution in [0.15, 0.2) is 12.4 Å². The lowest BCUT2D eigenvalue weighted by atomic mass is 9.86. The van der Waals surface area contributed by atoms with Gasteiger partial charge in [0.25, 0.3) is 0 Å². The van der Waals surface area contributed by atoms with Gasteiger partial charge in [-0.15, -0.1) is 0 Å². The predicted molar refractivity (Wildman–Crippen MR) is 112 cm³/mol. The van der Waals surface area contributed by atoms with Gasteiger partial charge in [0, 0.05) is 17.5 Å². The molecular formula is C23H33FN4O3. The van der Waals surface area contributed by atoms with Crippen molar-refractivity contribution in [2.75, 3.05) is 20.3 Å². The standard InChI is InChI=1S/C23H33FN4O3/c1-14-7-19(25-10-15-3-4-15)20(28(14)22(29)30-2)13-31-18-5-6-23(9-16(23)8-18)21-26-11-17(24)12-27-21/h11-12,14-16,18-20,25H,3-10,13H2,1-2H3/t14-,16-,18+,19+,20+,23-/m1/s1. The van der Waals surface area contributed by atoms with Crippen molar-refractivity contribution in [3.05, 3.63) is 24.0 Å². The van der Waals surface area contributed by atoms with Crippen LogP contribution in [0, 0.1) is 17.7 Å². The summed E-state index contributed by atoms with van der Waals surface area (Å²) in [4.78, 5) is 22.8. The van der Waals surface area contributed by atoms with Crippen LogP contribution in [0.25, 0.3) is 0 Å². The SMILES string of the molecule is COC(=O)N1[C@H](C)C[C@H](NCC2CC2)[C@@H]1CO[C@H]1CC[C@@]2(c3ncc(F)cn3)C[C@H]2C1. The lowest BCUT2D eigenvalue weighted by molar-refractivity contribution is -0.0113. The smallest absolute Gasteiger partial charge is 0.410 e. The number of nitrogens with zero attached hydrogens (tertiary/aromatic N) is 3. The third-order valence-corrected chi connectivity index (χ3v) is 7.90. The molecule has 1 N–H and O–H groups in total. The maximum absolute atomic E-state index is 13.2. The molecule has 1 amide bonds. The van der Waals surface area contributed by atoms with Crippen molar-refractivity contribution in [3.63, 3.8) is 0 Å². The number of likely N-dealkylation sites (tertiary alicyclic amines) is 1. The van der Waals surface area contributed by atoms with Crippen molar-refractivity contribution >= 4 is 6.09 Å². The number of amides is 1. The van der Waals surface area contributed by atoms with E-state index in [9.17, 15) is 9.18 Å². The van der Waals surface area contributed by atoms with Gasteiger partial charge < -0.3 is 14.8 Å². The van der Waals surface area contributed by atoms with E-state index < -0.39 is 0 Å². The fraction of sp³-hybridized carbons (Fsp3) is 0.783. The first-order valence-corrected chi connectivity index (χ1v) is 11.7. The maximum atomic E-state index is 13.2. The summed E-state index contributed by atoms with van der Waals surface area (Å²) >= 11 is 0. The molecule has 1 saturated heterocycles. The number of rotatable bonds is 7. The lowest BCUT2D eigenvalue weighted by Crippen LogP contribution is -2.49. The van der Waals surface area contributed by atoms with Gasteiger partial charge in [-0.25, -0.2) is 19.2 Å². The molecule has 31 heavy (non-hydrogen) atoms. The molecule has 3 saturated carbocycles. The molecule has 5 rings (SSSR count). The second kappa shape index (κ2) is 8.28. The van der Waals surface area contributed by atoms with E-state index in [0.29, 0.717) is 12.5 Å². The van der Waals surface area contributed by atoms with Crippen molar-refractivity contribution in [2.45, 2.75) is 81.5 Å². The highest BCUT2D eigenvalue weighted by Gasteiger charge is 2.60. The van der Waals surface area contributed by atoms with Crippen molar-refractivity contribution in [2.24, 2.45) is 11.8 Å². The van der Waals surface area contributed by atoms with Gasteiger partial charge in [0.2, 0.25) is 0 Å². The number of nitrogens with one attached hydrogen (secondary N) is 1. The maximum Gasteiger partial charge on any atom is 0.410 e. The van der Waals surface area contributed by atoms with E-state index in [1.165, 1.54) is 32.3 Å². The summed E-state index contributed by atoms with van der Waals surface area (Å²) in [5.74, 6) is 1.68. The minimum absolute atomic E-state index is 0.00693. The second-order valence-electron chi connectivity index (χ2n) is 10.00. The normalized spacial score (nSPS) is 36.9. The van der Waals surface area contributed by atoms with Crippen LogP contribution in [-0.2, 0) is 14.9 Å². The fourth-order valence-electron chi connectivity index (χ4n) is 5.83. The van der Waals surface area contributed by atoms with Crippen LogP contribution in [0.4, 0.5) is 9.18 Å². The Morgan fingerprint density at radius 1 is 1.29 bits per heavy atom. The number of carbonyl (C=O) groups excluding carboxylic acids is 1. The van der Waals surface area contributed by atoms with E-state index in [-0.39, 0.29) is 41.6 Å². The highest BCUT2D eigenvalue weighted by atomic mass is 19.1. The number of aromatic nitrogens is 2. The van der Waals surface area contributed by atoms with Gasteiger partial charge in [-0.2, -0.15) is 0 Å². The van der Waals surface area contributed by atoms with Gasteiger partial charge in [0.1, 0.15) is 5.82 Å². The highest BCUT2D eigenvalue weighted by Crippen LogP contribution is 2.61. The quantitative estimate of drug-likeness (QED) is 0.714. The summed E-state index contributed by atoms with van der Waals surface area (Å²) in [6, 6.07) is 0.370. The first-order valence-electron chi connectivity index (χ1n) is 11.7. The molecule has 1 aromatic rings. The Kier molecular flexibility index (Phi) is 5.63. The molecule has 6 atom stereocenters. The molecule has 0 radical (unpaired) electrons. The minimum Gasteiger partial charge on any atom is -0.453 e. The molecular weight excluding hydrogens is 399 g/mol. The summed E-state index contributed by atoms with van der Waals surface area (Å²) in [5, 5.41) is 3.69. The largest absolute Gasteiger partial charge is 0.453 e. The van der Waals surface area contributed by atoms with E-state index in [0.717, 1.165) is 50.4 Å². The fourth-order valence-corrected chi connectivity index (χ4v) is 5.83. The molecule has 0 spiro atoms. The van der Waals surface area contributed by atoms with E-state index in [2.05, 4.69) is 22.2 Å². The first-order chi connectivity index (χ1) is 15.0. The number of fused-ring (bicyclic) bond motifs is 1. The number of hydrogen-bond acceptors (Lipinski definition) is 6. The third kappa shape index (κ3) is 4.16. The highest BCUT2D eigenvalue weighted by molar-refractivity contribution is 5.69. The Morgan fingerprint density at radius 2 is 2.06 bits per heavy atom. The zero-order chi connectivity index (χ0) is 21.6. The summed E-state index contributed by atoms with van der Waals surface area (Å²) in [6.45, 7) is 3.64. The number of halogens is 1. The topological polar surface area (TPSA) is 76.6 Å². The number of methoxy groups -OCH3 is 1. The molecule has 170 valence electrons. The van der Waals surface area contributed by atoms with Crippen LogP contribution >= 0.6 is 0 Å². The number of ether oxygens (including phenoxy) is 2. The van der Waals surface area contributed by atoms with Gasteiger partial charge in [-0.1, -0.05) is 0 Å². The van der Waals surface area contributed by atoms with Gasteiger partial charge >= 0.3 is 6.09 Å². The molecule has 0 bridgehead atoms. The number of carbonyl (C=O) groups is 1. The summed E-state index contributed by atoms with van der Waals surface area (Å²) < 4.78 is 24.7. The van der Waals surface area contributed by atoms with Gasteiger partial charge in [-0.3, -0.25) is 4.90 Å². The van der Waals surface area contributed by atoms with E-state index in [4.69, 9.17) is 9.47 Å². The Hall–Kier alpha value is -1.80. The molecule has 1 aliphatic heterocycles. The Labute approximate surface area is 183 Å². The summed E-state index contributed by atoms with van der Waals surface area (Å²) in [7, 11) is 1.45. The molecule has 4 aliphatic rings. The summed E-state index contributed by atoms with van der Waals surface area (Å²) in [5.41, 5.74) is 0.0157. The van der Waals surface area contributed by atoms with E-state index in [1.54, 1.807) is 0 Å². The van der Waals surface area contributed by atoms with Crippen LogP contribution in [-0.4, -0.2) is 65.5 Å². The van der Waals surface area contributed by atoms with Crippen LogP contribution in [0.3, 0.4) is 0 Å². The Bertz CT molecular complexity index is 805. The van der Waals surface area contributed by atoms with Gasteiger partial charge in [-0.05, 0) is 70.3 Å². The third-order valence-electron chi connectivity index (χ3n) is 7.90. The molecule has 0 aromatic carbocycles. The van der Waals surface area contributed by atoms with Crippen LogP contribution in [0.2, 0.25) is 0 Å². The second-order valence-corrected chi connectivity index (χ2v) is 10.00. The molecule has 3 aliphatic carbocycles. The molecule has 4 fully saturated rings.